The zero-order valence-corrected chi connectivity index (χ0v) is 14.3. The average Bonchev–Trinajstić information content (AvgIpc) is 2.42. The molecule has 0 aliphatic carbocycles. The number of hydrogen-bond acceptors (Lipinski definition) is 3. The monoisotopic (exact) mass is 294 g/mol. The molecular weight excluding hydrogens is 264 g/mol. The summed E-state index contributed by atoms with van der Waals surface area (Å²) >= 11 is 0. The summed E-state index contributed by atoms with van der Waals surface area (Å²) in [4.78, 5) is 0. The normalized spacial score (nSPS) is 14.2. The Balaban J connectivity index is 2.44. The maximum atomic E-state index is 10.1. The molecule has 0 aromatic heterocycles. The van der Waals surface area contributed by atoms with E-state index >= 15 is 0 Å². The van der Waals surface area contributed by atoms with E-state index in [2.05, 4.69) is 32.9 Å². The molecule has 1 unspecified atom stereocenters. The number of methoxy groups -OCH3 is 1. The van der Waals surface area contributed by atoms with Crippen molar-refractivity contribution in [3.63, 3.8) is 0 Å². The molecule has 1 aromatic rings. The number of rotatable bonds is 7. The van der Waals surface area contributed by atoms with Crippen LogP contribution in [0.1, 0.15) is 58.3 Å². The van der Waals surface area contributed by atoms with Crippen LogP contribution in [-0.2, 0) is 14.9 Å². The van der Waals surface area contributed by atoms with Gasteiger partial charge in [-0.15, -0.1) is 0 Å². The zero-order valence-electron chi connectivity index (χ0n) is 14.3. The minimum absolute atomic E-state index is 0.131. The van der Waals surface area contributed by atoms with Gasteiger partial charge in [-0.05, 0) is 36.8 Å². The van der Waals surface area contributed by atoms with Crippen molar-refractivity contribution in [2.45, 2.75) is 58.2 Å². The highest BCUT2D eigenvalue weighted by atomic mass is 16.5. The molecule has 0 amide bonds. The summed E-state index contributed by atoms with van der Waals surface area (Å²) in [5, 5.41) is 10.1. The standard InChI is InChI=1S/C18H30O3/c1-17(2,3)15-9-7-14(8-10-15)16(19)13-21-12-11-18(4,5)20-6/h7-10,16,19H,11-13H2,1-6H3. The van der Waals surface area contributed by atoms with Crippen LogP contribution in [-0.4, -0.2) is 31.0 Å². The molecule has 0 bridgehead atoms. The van der Waals surface area contributed by atoms with E-state index in [-0.39, 0.29) is 11.0 Å². The minimum Gasteiger partial charge on any atom is -0.386 e. The first-order valence-electron chi connectivity index (χ1n) is 7.57. The van der Waals surface area contributed by atoms with Gasteiger partial charge in [0.2, 0.25) is 0 Å². The van der Waals surface area contributed by atoms with Crippen LogP contribution >= 0.6 is 0 Å². The Bertz CT molecular complexity index is 415. The highest BCUT2D eigenvalue weighted by Gasteiger charge is 2.17. The fraction of sp³-hybridized carbons (Fsp3) is 0.667. The Kier molecular flexibility index (Phi) is 6.39. The molecule has 3 heteroatoms. The molecule has 0 aliphatic heterocycles. The van der Waals surface area contributed by atoms with Gasteiger partial charge in [-0.3, -0.25) is 0 Å². The van der Waals surface area contributed by atoms with Gasteiger partial charge in [0.05, 0.1) is 12.2 Å². The number of benzene rings is 1. The average molecular weight is 294 g/mol. The molecule has 0 aliphatic rings. The molecular formula is C18H30O3. The van der Waals surface area contributed by atoms with Crippen LogP contribution in [0, 0.1) is 0 Å². The van der Waals surface area contributed by atoms with Gasteiger partial charge in [-0.2, -0.15) is 0 Å². The van der Waals surface area contributed by atoms with Crippen LogP contribution in [0.4, 0.5) is 0 Å². The van der Waals surface area contributed by atoms with E-state index < -0.39 is 6.10 Å². The first kappa shape index (κ1) is 18.1. The SMILES string of the molecule is COC(C)(C)CCOCC(O)c1ccc(C(C)(C)C)cc1. The lowest BCUT2D eigenvalue weighted by molar-refractivity contribution is -0.0249. The van der Waals surface area contributed by atoms with Crippen molar-refractivity contribution >= 4 is 0 Å². The molecule has 1 rings (SSSR count). The number of aliphatic hydroxyl groups excluding tert-OH is 1. The first-order chi connectivity index (χ1) is 9.65. The van der Waals surface area contributed by atoms with Crippen LogP contribution in [0.5, 0.6) is 0 Å². The lowest BCUT2D eigenvalue weighted by Gasteiger charge is -2.23. The quantitative estimate of drug-likeness (QED) is 0.776. The fourth-order valence-electron chi connectivity index (χ4n) is 1.92. The first-order valence-corrected chi connectivity index (χ1v) is 7.57. The predicted octanol–water partition coefficient (Wildman–Crippen LogP) is 3.85. The molecule has 1 aromatic carbocycles. The molecule has 0 fully saturated rings. The second-order valence-corrected chi connectivity index (χ2v) is 7.18. The van der Waals surface area contributed by atoms with Crippen LogP contribution in [0.15, 0.2) is 24.3 Å². The van der Waals surface area contributed by atoms with Crippen LogP contribution in [0.2, 0.25) is 0 Å². The van der Waals surface area contributed by atoms with E-state index in [1.807, 2.05) is 26.0 Å². The number of ether oxygens (including phenoxy) is 2. The molecule has 1 N–H and O–H groups in total. The Morgan fingerprint density at radius 2 is 1.62 bits per heavy atom. The van der Waals surface area contributed by atoms with E-state index in [9.17, 15) is 5.11 Å². The molecule has 21 heavy (non-hydrogen) atoms. The highest BCUT2D eigenvalue weighted by molar-refractivity contribution is 5.28. The van der Waals surface area contributed by atoms with Crippen LogP contribution < -0.4 is 0 Å². The summed E-state index contributed by atoms with van der Waals surface area (Å²) < 4.78 is 10.9. The van der Waals surface area contributed by atoms with Gasteiger partial charge in [0.1, 0.15) is 6.10 Å². The predicted molar refractivity (Wildman–Crippen MR) is 86.6 cm³/mol. The third-order valence-corrected chi connectivity index (χ3v) is 3.84. The summed E-state index contributed by atoms with van der Waals surface area (Å²) in [5.41, 5.74) is 2.11. The largest absolute Gasteiger partial charge is 0.386 e. The van der Waals surface area contributed by atoms with Gasteiger partial charge in [0, 0.05) is 13.7 Å². The molecule has 0 heterocycles. The number of aliphatic hydroxyl groups is 1. The van der Waals surface area contributed by atoms with Crippen molar-refractivity contribution in [3.8, 4) is 0 Å². The van der Waals surface area contributed by atoms with Gasteiger partial charge in [-0.1, -0.05) is 45.0 Å². The number of hydrogen-bond donors (Lipinski definition) is 1. The summed E-state index contributed by atoms with van der Waals surface area (Å²) in [5.74, 6) is 0. The van der Waals surface area contributed by atoms with Crippen LogP contribution in [0.25, 0.3) is 0 Å². The highest BCUT2D eigenvalue weighted by Crippen LogP contribution is 2.24. The van der Waals surface area contributed by atoms with Gasteiger partial charge >= 0.3 is 0 Å². The minimum atomic E-state index is -0.579. The third kappa shape index (κ3) is 6.16. The topological polar surface area (TPSA) is 38.7 Å². The molecule has 0 saturated heterocycles. The van der Waals surface area contributed by atoms with Crippen molar-refractivity contribution < 1.29 is 14.6 Å². The van der Waals surface area contributed by atoms with E-state index in [0.717, 1.165) is 12.0 Å². The summed E-state index contributed by atoms with van der Waals surface area (Å²) in [6.45, 7) is 11.5. The van der Waals surface area contributed by atoms with Crippen molar-refractivity contribution in [1.29, 1.82) is 0 Å². The summed E-state index contributed by atoms with van der Waals surface area (Å²) in [7, 11) is 1.70. The lowest BCUT2D eigenvalue weighted by atomic mass is 9.86. The van der Waals surface area contributed by atoms with Crippen molar-refractivity contribution in [3.05, 3.63) is 35.4 Å². The van der Waals surface area contributed by atoms with E-state index in [1.165, 1.54) is 5.56 Å². The second-order valence-electron chi connectivity index (χ2n) is 7.18. The fourth-order valence-corrected chi connectivity index (χ4v) is 1.92. The second kappa shape index (κ2) is 7.39. The Morgan fingerprint density at radius 1 is 1.05 bits per heavy atom. The molecule has 3 nitrogen and oxygen atoms in total. The van der Waals surface area contributed by atoms with Gasteiger partial charge in [-0.25, -0.2) is 0 Å². The van der Waals surface area contributed by atoms with Gasteiger partial charge < -0.3 is 14.6 Å². The summed E-state index contributed by atoms with van der Waals surface area (Å²) in [6.07, 6.45) is 0.226. The maximum Gasteiger partial charge on any atom is 0.102 e. The Hall–Kier alpha value is -0.900. The van der Waals surface area contributed by atoms with Gasteiger partial charge in [0.15, 0.2) is 0 Å². The summed E-state index contributed by atoms with van der Waals surface area (Å²) in [6, 6.07) is 8.11. The maximum absolute atomic E-state index is 10.1. The molecule has 0 saturated carbocycles. The van der Waals surface area contributed by atoms with E-state index in [1.54, 1.807) is 7.11 Å². The molecule has 1 atom stereocenters. The van der Waals surface area contributed by atoms with Crippen molar-refractivity contribution in [2.75, 3.05) is 20.3 Å². The Labute approximate surface area is 129 Å². The van der Waals surface area contributed by atoms with E-state index in [0.29, 0.717) is 13.2 Å². The van der Waals surface area contributed by atoms with Crippen molar-refractivity contribution in [2.24, 2.45) is 0 Å². The van der Waals surface area contributed by atoms with Crippen LogP contribution in [0.3, 0.4) is 0 Å². The Morgan fingerprint density at radius 3 is 2.10 bits per heavy atom. The molecule has 0 spiro atoms. The van der Waals surface area contributed by atoms with Gasteiger partial charge in [0.25, 0.3) is 0 Å². The third-order valence-electron chi connectivity index (χ3n) is 3.84. The van der Waals surface area contributed by atoms with Crippen molar-refractivity contribution in [1.82, 2.24) is 0 Å². The molecule has 120 valence electrons. The van der Waals surface area contributed by atoms with E-state index in [4.69, 9.17) is 9.47 Å². The molecule has 0 radical (unpaired) electrons. The zero-order chi connectivity index (χ0) is 16.1. The lowest BCUT2D eigenvalue weighted by Crippen LogP contribution is -2.25. The smallest absolute Gasteiger partial charge is 0.102 e.